The van der Waals surface area contributed by atoms with E-state index in [1.807, 2.05) is 12.1 Å². The molecule has 0 saturated carbocycles. The van der Waals surface area contributed by atoms with Crippen molar-refractivity contribution in [1.29, 1.82) is 0 Å². The minimum Gasteiger partial charge on any atom is -0.314 e. The van der Waals surface area contributed by atoms with E-state index in [1.54, 1.807) is 12.1 Å². The quantitative estimate of drug-likeness (QED) is 0.887. The van der Waals surface area contributed by atoms with Gasteiger partial charge in [-0.2, -0.15) is 13.2 Å². The summed E-state index contributed by atoms with van der Waals surface area (Å²) in [6, 6.07) is 6.91. The number of rotatable bonds is 4. The Morgan fingerprint density at radius 2 is 1.81 bits per heavy atom. The van der Waals surface area contributed by atoms with Crippen molar-refractivity contribution in [2.75, 3.05) is 26.2 Å². The van der Waals surface area contributed by atoms with Crippen LogP contribution in [0.1, 0.15) is 24.4 Å². The lowest BCUT2D eigenvalue weighted by Crippen LogP contribution is -2.45. The van der Waals surface area contributed by atoms with Crippen molar-refractivity contribution in [3.8, 4) is 0 Å². The van der Waals surface area contributed by atoms with Gasteiger partial charge in [0.25, 0.3) is 0 Å². The van der Waals surface area contributed by atoms with E-state index in [1.165, 1.54) is 0 Å². The van der Waals surface area contributed by atoms with Crippen molar-refractivity contribution in [2.45, 2.75) is 25.1 Å². The molecule has 7 heteroatoms. The van der Waals surface area contributed by atoms with Crippen LogP contribution in [0.25, 0.3) is 0 Å². The highest BCUT2D eigenvalue weighted by Crippen LogP contribution is 2.34. The maximum absolute atomic E-state index is 12.5. The van der Waals surface area contributed by atoms with E-state index in [0.717, 1.165) is 31.7 Å². The van der Waals surface area contributed by atoms with Crippen molar-refractivity contribution in [3.63, 3.8) is 0 Å². The molecule has 0 unspecified atom stereocenters. The molecule has 1 fully saturated rings. The van der Waals surface area contributed by atoms with Gasteiger partial charge < -0.3 is 5.32 Å². The molecule has 21 heavy (non-hydrogen) atoms. The normalized spacial score (nSPS) is 18.1. The average Bonchev–Trinajstić information content (AvgIpc) is 2.41. The first-order valence-electron chi connectivity index (χ1n) is 6.73. The summed E-state index contributed by atoms with van der Waals surface area (Å²) in [5.41, 5.74) is 0.792. The molecule has 1 saturated heterocycles. The molecule has 1 aromatic carbocycles. The Kier molecular flexibility index (Phi) is 7.27. The monoisotopic (exact) mass is 342 g/mol. The Hall–Kier alpha value is -0.490. The highest BCUT2D eigenvalue weighted by atomic mass is 35.5. The van der Waals surface area contributed by atoms with Crippen LogP contribution in [0.4, 0.5) is 13.2 Å². The molecule has 2 rings (SSSR count). The van der Waals surface area contributed by atoms with Gasteiger partial charge in [-0.3, -0.25) is 4.90 Å². The molecule has 0 amide bonds. The maximum atomic E-state index is 12.5. The summed E-state index contributed by atoms with van der Waals surface area (Å²) in [6.07, 6.45) is -4.87. The lowest BCUT2D eigenvalue weighted by molar-refractivity contribution is -0.138. The number of hydrogen-bond acceptors (Lipinski definition) is 2. The fourth-order valence-electron chi connectivity index (χ4n) is 2.57. The van der Waals surface area contributed by atoms with Crippen LogP contribution in [0.15, 0.2) is 24.3 Å². The zero-order valence-corrected chi connectivity index (χ0v) is 13.1. The smallest absolute Gasteiger partial charge is 0.314 e. The fourth-order valence-corrected chi connectivity index (χ4v) is 2.84. The van der Waals surface area contributed by atoms with Crippen LogP contribution in [-0.2, 0) is 0 Å². The number of benzene rings is 1. The summed E-state index contributed by atoms with van der Waals surface area (Å²) in [5.74, 6) is 0. The molecule has 0 radical (unpaired) electrons. The minimum absolute atomic E-state index is 0. The van der Waals surface area contributed by atoms with Gasteiger partial charge in [0.2, 0.25) is 0 Å². The van der Waals surface area contributed by atoms with Gasteiger partial charge in [0.05, 0.1) is 0 Å². The lowest BCUT2D eigenvalue weighted by Gasteiger charge is -2.35. The zero-order chi connectivity index (χ0) is 14.6. The zero-order valence-electron chi connectivity index (χ0n) is 11.5. The van der Waals surface area contributed by atoms with E-state index in [4.69, 9.17) is 11.6 Å². The SMILES string of the molecule is Cl.FC(F)(F)CC[C@H](c1ccccc1Cl)N1CCNCC1. The van der Waals surface area contributed by atoms with Crippen LogP contribution in [0.3, 0.4) is 0 Å². The molecule has 0 aromatic heterocycles. The minimum atomic E-state index is -4.13. The van der Waals surface area contributed by atoms with E-state index >= 15 is 0 Å². The molecule has 1 aliphatic heterocycles. The van der Waals surface area contributed by atoms with Gasteiger partial charge in [-0.15, -0.1) is 12.4 Å². The van der Waals surface area contributed by atoms with Crippen LogP contribution >= 0.6 is 24.0 Å². The molecule has 1 N–H and O–H groups in total. The molecular formula is C14H19Cl2F3N2. The van der Waals surface area contributed by atoms with Crippen LogP contribution < -0.4 is 5.32 Å². The Morgan fingerprint density at radius 1 is 1.19 bits per heavy atom. The predicted octanol–water partition coefficient (Wildman–Crippen LogP) is 4.05. The van der Waals surface area contributed by atoms with Crippen molar-refractivity contribution < 1.29 is 13.2 Å². The van der Waals surface area contributed by atoms with Gasteiger partial charge in [0.15, 0.2) is 0 Å². The topological polar surface area (TPSA) is 15.3 Å². The number of piperazine rings is 1. The highest BCUT2D eigenvalue weighted by molar-refractivity contribution is 6.31. The van der Waals surface area contributed by atoms with E-state index in [0.29, 0.717) is 5.02 Å². The summed E-state index contributed by atoms with van der Waals surface area (Å²) in [5, 5.41) is 3.75. The maximum Gasteiger partial charge on any atom is 0.389 e. The molecule has 1 aliphatic rings. The Labute approximate surface area is 134 Å². The summed E-state index contributed by atoms with van der Waals surface area (Å²) in [7, 11) is 0. The molecule has 1 atom stereocenters. The molecule has 0 spiro atoms. The fraction of sp³-hybridized carbons (Fsp3) is 0.571. The summed E-state index contributed by atoms with van der Waals surface area (Å²) in [6.45, 7) is 3.08. The number of nitrogens with one attached hydrogen (secondary N) is 1. The third-order valence-electron chi connectivity index (χ3n) is 3.56. The summed E-state index contributed by atoms with van der Waals surface area (Å²) >= 11 is 6.16. The molecule has 0 bridgehead atoms. The van der Waals surface area contributed by atoms with Crippen molar-refractivity contribution >= 4 is 24.0 Å². The Balaban J connectivity index is 0.00000220. The van der Waals surface area contributed by atoms with Crippen LogP contribution in [0, 0.1) is 0 Å². The molecule has 0 aliphatic carbocycles. The molecular weight excluding hydrogens is 324 g/mol. The molecule has 1 heterocycles. The van der Waals surface area contributed by atoms with Crippen molar-refractivity contribution in [3.05, 3.63) is 34.9 Å². The highest BCUT2D eigenvalue weighted by Gasteiger charge is 2.31. The van der Waals surface area contributed by atoms with E-state index < -0.39 is 12.6 Å². The third-order valence-corrected chi connectivity index (χ3v) is 3.90. The van der Waals surface area contributed by atoms with Gasteiger partial charge in [0.1, 0.15) is 0 Å². The lowest BCUT2D eigenvalue weighted by atomic mass is 9.99. The second-order valence-corrected chi connectivity index (χ2v) is 5.38. The standard InChI is InChI=1S/C14H18ClF3N2.ClH/c15-12-4-2-1-3-11(12)13(5-6-14(16,17)18)20-9-7-19-8-10-20;/h1-4,13,19H,5-10H2;1H/t13-;/m1./s1. The Morgan fingerprint density at radius 3 is 2.38 bits per heavy atom. The number of nitrogens with zero attached hydrogens (tertiary/aromatic N) is 1. The third kappa shape index (κ3) is 5.66. The number of halogens is 5. The predicted molar refractivity (Wildman–Crippen MR) is 81.2 cm³/mol. The van der Waals surface area contributed by atoms with Gasteiger partial charge in [-0.1, -0.05) is 29.8 Å². The van der Waals surface area contributed by atoms with Crippen LogP contribution in [0.2, 0.25) is 5.02 Å². The number of hydrogen-bond donors (Lipinski definition) is 1. The van der Waals surface area contributed by atoms with Gasteiger partial charge in [-0.25, -0.2) is 0 Å². The largest absolute Gasteiger partial charge is 0.389 e. The Bertz CT molecular complexity index is 434. The first-order chi connectivity index (χ1) is 9.47. The van der Waals surface area contributed by atoms with Crippen LogP contribution in [0.5, 0.6) is 0 Å². The first kappa shape index (κ1) is 18.6. The summed E-state index contributed by atoms with van der Waals surface area (Å²) in [4.78, 5) is 2.09. The second-order valence-electron chi connectivity index (χ2n) is 4.98. The van der Waals surface area contributed by atoms with Crippen molar-refractivity contribution in [2.24, 2.45) is 0 Å². The van der Waals surface area contributed by atoms with Crippen LogP contribution in [-0.4, -0.2) is 37.3 Å². The van der Waals surface area contributed by atoms with Gasteiger partial charge >= 0.3 is 6.18 Å². The molecule has 2 nitrogen and oxygen atoms in total. The van der Waals surface area contributed by atoms with E-state index in [2.05, 4.69) is 10.2 Å². The summed E-state index contributed by atoms with van der Waals surface area (Å²) < 4.78 is 37.6. The van der Waals surface area contributed by atoms with E-state index in [9.17, 15) is 13.2 Å². The molecule has 120 valence electrons. The van der Waals surface area contributed by atoms with Gasteiger partial charge in [-0.05, 0) is 18.1 Å². The average molecular weight is 343 g/mol. The second kappa shape index (κ2) is 8.22. The number of alkyl halides is 3. The van der Waals surface area contributed by atoms with E-state index in [-0.39, 0.29) is 24.9 Å². The first-order valence-corrected chi connectivity index (χ1v) is 7.11. The molecule has 1 aromatic rings. The van der Waals surface area contributed by atoms with Crippen molar-refractivity contribution in [1.82, 2.24) is 10.2 Å². The van der Waals surface area contributed by atoms with Gasteiger partial charge in [0, 0.05) is 43.7 Å².